The Labute approximate surface area is 201 Å². The van der Waals surface area contributed by atoms with Gasteiger partial charge in [-0.15, -0.1) is 0 Å². The number of hydrogen-bond acceptors (Lipinski definition) is 4. The molecule has 3 aromatic rings. The zero-order valence-corrected chi connectivity index (χ0v) is 18.9. The van der Waals surface area contributed by atoms with Crippen LogP contribution in [0.4, 0.5) is 13.2 Å². The molecule has 3 aromatic carbocycles. The second-order valence-corrected chi connectivity index (χ2v) is 9.16. The van der Waals surface area contributed by atoms with E-state index in [0.29, 0.717) is 49.0 Å². The Hall–Kier alpha value is -3.45. The molecule has 35 heavy (non-hydrogen) atoms. The minimum atomic E-state index is -1.16. The van der Waals surface area contributed by atoms with Gasteiger partial charge >= 0.3 is 5.97 Å². The fourth-order valence-corrected chi connectivity index (χ4v) is 5.20. The molecule has 0 aliphatic carbocycles. The number of rotatable bonds is 5. The first kappa shape index (κ1) is 23.3. The van der Waals surface area contributed by atoms with Gasteiger partial charge in [-0.1, -0.05) is 24.3 Å². The number of carbonyl (C=O) groups excluding carboxylic acids is 2. The van der Waals surface area contributed by atoms with Crippen molar-refractivity contribution >= 4 is 11.8 Å². The van der Waals surface area contributed by atoms with E-state index < -0.39 is 29.2 Å². The summed E-state index contributed by atoms with van der Waals surface area (Å²) >= 11 is 0. The molecular weight excluding hydrogens is 455 g/mol. The van der Waals surface area contributed by atoms with Gasteiger partial charge < -0.3 is 4.74 Å². The van der Waals surface area contributed by atoms with Crippen molar-refractivity contribution in [2.24, 2.45) is 5.92 Å². The molecule has 0 saturated carbocycles. The van der Waals surface area contributed by atoms with E-state index >= 15 is 0 Å². The lowest BCUT2D eigenvalue weighted by atomic mass is 9.82. The summed E-state index contributed by atoms with van der Waals surface area (Å²) in [5.74, 6) is -1.82. The number of ether oxygens (including phenoxy) is 1. The molecule has 2 fully saturated rings. The first-order chi connectivity index (χ1) is 16.9. The van der Waals surface area contributed by atoms with Gasteiger partial charge in [0, 0.05) is 29.0 Å². The summed E-state index contributed by atoms with van der Waals surface area (Å²) in [6, 6.07) is 16.6. The molecule has 2 heterocycles. The topological polar surface area (TPSA) is 46.6 Å². The highest BCUT2D eigenvalue weighted by atomic mass is 19.1. The van der Waals surface area contributed by atoms with Gasteiger partial charge in [0.25, 0.3) is 0 Å². The Morgan fingerprint density at radius 1 is 0.771 bits per heavy atom. The first-order valence-electron chi connectivity index (χ1n) is 11.6. The van der Waals surface area contributed by atoms with Crippen molar-refractivity contribution in [2.45, 2.75) is 30.9 Å². The van der Waals surface area contributed by atoms with Crippen LogP contribution >= 0.6 is 0 Å². The molecule has 180 valence electrons. The summed E-state index contributed by atoms with van der Waals surface area (Å²) in [4.78, 5) is 28.0. The molecule has 2 aliphatic heterocycles. The maximum atomic E-state index is 13.6. The average Bonchev–Trinajstić information content (AvgIpc) is 3.23. The number of Topliss-reactive ketones (excluding diaryl/α,β-unsaturated/α-hetero) is 1. The zero-order valence-electron chi connectivity index (χ0n) is 18.9. The Morgan fingerprint density at radius 2 is 1.23 bits per heavy atom. The van der Waals surface area contributed by atoms with E-state index in [2.05, 4.69) is 0 Å². The second kappa shape index (κ2) is 9.30. The van der Waals surface area contributed by atoms with Crippen LogP contribution in [0.2, 0.25) is 0 Å². The molecule has 4 nitrogen and oxygen atoms in total. The standard InChI is InChI=1S/C28H24F3NO3/c29-22-7-1-18(2-8-22)26(33)19-13-15-32(16-14-19)25-17-28(35-27(25)34,20-3-9-23(30)10-4-20)21-5-11-24(31)12-6-21/h1-12,19,25H,13-17H2. The van der Waals surface area contributed by atoms with E-state index in [9.17, 15) is 22.8 Å². The highest BCUT2D eigenvalue weighted by Gasteiger charge is 2.51. The number of ketones is 1. The SMILES string of the molecule is O=C(c1ccc(F)cc1)C1CCN(C2CC(c3ccc(F)cc3)(c3ccc(F)cc3)OC2=O)CC1. The van der Waals surface area contributed by atoms with Crippen LogP contribution in [0.5, 0.6) is 0 Å². The van der Waals surface area contributed by atoms with Crippen LogP contribution in [0.15, 0.2) is 72.8 Å². The highest BCUT2D eigenvalue weighted by molar-refractivity contribution is 5.97. The number of halogens is 3. The number of likely N-dealkylation sites (tertiary alicyclic amines) is 1. The third kappa shape index (κ3) is 4.48. The van der Waals surface area contributed by atoms with E-state index in [1.54, 1.807) is 24.3 Å². The van der Waals surface area contributed by atoms with E-state index in [4.69, 9.17) is 4.74 Å². The largest absolute Gasteiger partial charge is 0.448 e. The number of nitrogens with zero attached hydrogens (tertiary/aromatic N) is 1. The quantitative estimate of drug-likeness (QED) is 0.370. The number of hydrogen-bond donors (Lipinski definition) is 0. The molecule has 0 bridgehead atoms. The maximum Gasteiger partial charge on any atom is 0.324 e. The third-order valence-corrected chi connectivity index (χ3v) is 7.12. The normalized spacial score (nSPS) is 20.5. The minimum Gasteiger partial charge on any atom is -0.448 e. The number of esters is 1. The molecule has 5 rings (SSSR count). The van der Waals surface area contributed by atoms with Gasteiger partial charge in [-0.2, -0.15) is 0 Å². The lowest BCUT2D eigenvalue weighted by Crippen LogP contribution is -2.45. The van der Waals surface area contributed by atoms with Gasteiger partial charge in [-0.05, 0) is 74.5 Å². The minimum absolute atomic E-state index is 0.0226. The number of cyclic esters (lactones) is 1. The molecule has 1 unspecified atom stereocenters. The average molecular weight is 479 g/mol. The lowest BCUT2D eigenvalue weighted by Gasteiger charge is -2.34. The predicted molar refractivity (Wildman–Crippen MR) is 123 cm³/mol. The Balaban J connectivity index is 1.35. The van der Waals surface area contributed by atoms with Crippen molar-refractivity contribution in [2.75, 3.05) is 13.1 Å². The smallest absolute Gasteiger partial charge is 0.324 e. The first-order valence-corrected chi connectivity index (χ1v) is 11.6. The molecule has 1 atom stereocenters. The summed E-state index contributed by atoms with van der Waals surface area (Å²) < 4.78 is 46.5. The third-order valence-electron chi connectivity index (χ3n) is 7.12. The monoisotopic (exact) mass is 479 g/mol. The van der Waals surface area contributed by atoms with Gasteiger partial charge in [0.2, 0.25) is 0 Å². The van der Waals surface area contributed by atoms with Crippen LogP contribution in [-0.4, -0.2) is 35.8 Å². The van der Waals surface area contributed by atoms with Crippen molar-refractivity contribution in [3.63, 3.8) is 0 Å². The van der Waals surface area contributed by atoms with Crippen molar-refractivity contribution in [3.8, 4) is 0 Å². The van der Waals surface area contributed by atoms with Crippen molar-refractivity contribution in [1.29, 1.82) is 0 Å². The predicted octanol–water partition coefficient (Wildman–Crippen LogP) is 5.26. The van der Waals surface area contributed by atoms with Gasteiger partial charge in [-0.25, -0.2) is 13.2 Å². The van der Waals surface area contributed by atoms with Crippen LogP contribution in [0.25, 0.3) is 0 Å². The second-order valence-electron chi connectivity index (χ2n) is 9.16. The van der Waals surface area contributed by atoms with Crippen molar-refractivity contribution < 1.29 is 27.5 Å². The van der Waals surface area contributed by atoms with E-state index in [1.807, 2.05) is 4.90 Å². The maximum absolute atomic E-state index is 13.6. The fraction of sp³-hybridized carbons (Fsp3) is 0.286. The Morgan fingerprint density at radius 3 is 1.71 bits per heavy atom. The van der Waals surface area contributed by atoms with Gasteiger partial charge in [0.15, 0.2) is 11.4 Å². The van der Waals surface area contributed by atoms with Crippen LogP contribution < -0.4 is 0 Å². The Bertz CT molecular complexity index is 1170. The van der Waals surface area contributed by atoms with Gasteiger partial charge in [0.05, 0.1) is 0 Å². The fourth-order valence-electron chi connectivity index (χ4n) is 5.20. The summed E-state index contributed by atoms with van der Waals surface area (Å²) in [6.45, 7) is 1.06. The lowest BCUT2D eigenvalue weighted by molar-refractivity contribution is -0.149. The molecule has 0 aromatic heterocycles. The van der Waals surface area contributed by atoms with Crippen LogP contribution in [0.1, 0.15) is 40.7 Å². The number of piperidine rings is 1. The number of benzene rings is 3. The highest BCUT2D eigenvalue weighted by Crippen LogP contribution is 2.45. The van der Waals surface area contributed by atoms with Crippen LogP contribution in [0.3, 0.4) is 0 Å². The van der Waals surface area contributed by atoms with E-state index in [1.165, 1.54) is 48.5 Å². The zero-order chi connectivity index (χ0) is 24.6. The molecule has 0 radical (unpaired) electrons. The van der Waals surface area contributed by atoms with Gasteiger partial charge in [-0.3, -0.25) is 14.5 Å². The molecule has 0 N–H and O–H groups in total. The summed E-state index contributed by atoms with van der Waals surface area (Å²) in [5.41, 5.74) is 0.548. The van der Waals surface area contributed by atoms with Gasteiger partial charge in [0.1, 0.15) is 23.5 Å². The molecule has 0 spiro atoms. The van der Waals surface area contributed by atoms with Crippen molar-refractivity contribution in [1.82, 2.24) is 4.90 Å². The molecule has 7 heteroatoms. The molecular formula is C28H24F3NO3. The van der Waals surface area contributed by atoms with E-state index in [-0.39, 0.29) is 17.5 Å². The Kier molecular flexibility index (Phi) is 6.19. The number of carbonyl (C=O) groups is 2. The van der Waals surface area contributed by atoms with Crippen LogP contribution in [-0.2, 0) is 15.1 Å². The summed E-state index contributed by atoms with van der Waals surface area (Å²) in [5, 5.41) is 0. The van der Waals surface area contributed by atoms with Crippen molar-refractivity contribution in [3.05, 3.63) is 107 Å². The molecule has 2 aliphatic rings. The summed E-state index contributed by atoms with van der Waals surface area (Å²) in [7, 11) is 0. The molecule has 0 amide bonds. The van der Waals surface area contributed by atoms with E-state index in [0.717, 1.165) is 0 Å². The summed E-state index contributed by atoms with van der Waals surface area (Å²) in [6.07, 6.45) is 1.43. The van der Waals surface area contributed by atoms with Crippen LogP contribution in [0, 0.1) is 23.4 Å². The molecule has 2 saturated heterocycles.